The number of pyridine rings is 1. The lowest BCUT2D eigenvalue weighted by atomic mass is 10.2. The topological polar surface area (TPSA) is 93.2 Å². The Kier molecular flexibility index (Phi) is 5.14. The molecule has 1 fully saturated rings. The standard InChI is InChI=1S/C23H23N7O2/c1-16-20(23(31)29-12-10-28(11-13-29)19-6-4-3-5-7-19)15-25-30(16)21-14-18(8-9-24-21)22-26-17(2)27-32-22/h3-9,14-15H,10-13H2,1-2H3. The Labute approximate surface area is 185 Å². The average Bonchev–Trinajstić information content (AvgIpc) is 3.45. The van der Waals surface area contributed by atoms with Gasteiger partial charge in [-0.1, -0.05) is 23.4 Å². The highest BCUT2D eigenvalue weighted by Crippen LogP contribution is 2.22. The van der Waals surface area contributed by atoms with Crippen molar-refractivity contribution < 1.29 is 9.32 Å². The lowest BCUT2D eigenvalue weighted by molar-refractivity contribution is 0.0746. The minimum atomic E-state index is -0.00913. The lowest BCUT2D eigenvalue weighted by Gasteiger charge is -2.36. The van der Waals surface area contributed by atoms with Crippen LogP contribution in [0.3, 0.4) is 0 Å². The molecular weight excluding hydrogens is 406 g/mol. The van der Waals surface area contributed by atoms with Gasteiger partial charge in [-0.15, -0.1) is 0 Å². The molecule has 0 unspecified atom stereocenters. The molecule has 1 aliphatic rings. The molecule has 4 aromatic rings. The van der Waals surface area contributed by atoms with Crippen molar-refractivity contribution in [1.29, 1.82) is 0 Å². The molecule has 0 saturated carbocycles. The van der Waals surface area contributed by atoms with Gasteiger partial charge < -0.3 is 14.3 Å². The van der Waals surface area contributed by atoms with Crippen molar-refractivity contribution in [2.45, 2.75) is 13.8 Å². The van der Waals surface area contributed by atoms with Crippen LogP contribution < -0.4 is 4.90 Å². The Morgan fingerprint density at radius 2 is 1.81 bits per heavy atom. The molecule has 0 aliphatic carbocycles. The Balaban J connectivity index is 1.33. The van der Waals surface area contributed by atoms with Crippen molar-refractivity contribution in [3.8, 4) is 17.3 Å². The van der Waals surface area contributed by atoms with E-state index in [1.165, 1.54) is 5.69 Å². The average molecular weight is 429 g/mol. The maximum Gasteiger partial charge on any atom is 0.258 e. The summed E-state index contributed by atoms with van der Waals surface area (Å²) < 4.78 is 6.92. The van der Waals surface area contributed by atoms with Crippen molar-refractivity contribution in [3.05, 3.63) is 71.9 Å². The summed E-state index contributed by atoms with van der Waals surface area (Å²) in [5, 5.41) is 8.27. The van der Waals surface area contributed by atoms with E-state index in [2.05, 4.69) is 37.3 Å². The van der Waals surface area contributed by atoms with Gasteiger partial charge in [0.05, 0.1) is 17.5 Å². The van der Waals surface area contributed by atoms with Gasteiger partial charge in [0, 0.05) is 43.6 Å². The number of carbonyl (C=O) groups is 1. The minimum absolute atomic E-state index is 0.00913. The van der Waals surface area contributed by atoms with Gasteiger partial charge in [0.2, 0.25) is 0 Å². The van der Waals surface area contributed by atoms with Crippen molar-refractivity contribution in [1.82, 2.24) is 29.8 Å². The quantitative estimate of drug-likeness (QED) is 0.492. The third kappa shape index (κ3) is 3.73. The predicted octanol–water partition coefficient (Wildman–Crippen LogP) is 2.90. The van der Waals surface area contributed by atoms with Gasteiger partial charge in [0.15, 0.2) is 11.6 Å². The summed E-state index contributed by atoms with van der Waals surface area (Å²) in [5.41, 5.74) is 3.26. The molecule has 0 radical (unpaired) electrons. The first-order valence-corrected chi connectivity index (χ1v) is 10.5. The first kappa shape index (κ1) is 19.9. The highest BCUT2D eigenvalue weighted by molar-refractivity contribution is 5.95. The number of rotatable bonds is 4. The minimum Gasteiger partial charge on any atom is -0.368 e. The molecule has 1 aromatic carbocycles. The number of nitrogens with zero attached hydrogens (tertiary/aromatic N) is 7. The van der Waals surface area contributed by atoms with Crippen LogP contribution in [0.1, 0.15) is 21.9 Å². The van der Waals surface area contributed by atoms with E-state index in [1.54, 1.807) is 30.1 Å². The molecule has 32 heavy (non-hydrogen) atoms. The molecule has 1 aliphatic heterocycles. The molecule has 0 N–H and O–H groups in total. The SMILES string of the molecule is Cc1noc(-c2ccnc(-n3ncc(C(=O)N4CCN(c5ccccc5)CC4)c3C)c2)n1. The van der Waals surface area contributed by atoms with E-state index in [0.717, 1.165) is 24.3 Å². The van der Waals surface area contributed by atoms with E-state index >= 15 is 0 Å². The second-order valence-electron chi connectivity index (χ2n) is 7.72. The van der Waals surface area contributed by atoms with Crippen LogP contribution in [0.5, 0.6) is 0 Å². The Morgan fingerprint density at radius 1 is 1.03 bits per heavy atom. The third-order valence-corrected chi connectivity index (χ3v) is 5.67. The number of aryl methyl sites for hydroxylation is 1. The maximum absolute atomic E-state index is 13.2. The largest absolute Gasteiger partial charge is 0.368 e. The Bertz CT molecular complexity index is 1240. The van der Waals surface area contributed by atoms with Gasteiger partial charge in [-0.3, -0.25) is 4.79 Å². The fourth-order valence-electron chi connectivity index (χ4n) is 3.91. The molecule has 0 spiro atoms. The van der Waals surface area contributed by atoms with Crippen molar-refractivity contribution in [2.75, 3.05) is 31.1 Å². The number of para-hydroxylation sites is 1. The van der Waals surface area contributed by atoms with Crippen LogP contribution in [0.4, 0.5) is 5.69 Å². The summed E-state index contributed by atoms with van der Waals surface area (Å²) in [6.07, 6.45) is 3.28. The summed E-state index contributed by atoms with van der Waals surface area (Å²) in [7, 11) is 0. The zero-order chi connectivity index (χ0) is 22.1. The highest BCUT2D eigenvalue weighted by Gasteiger charge is 2.25. The highest BCUT2D eigenvalue weighted by atomic mass is 16.5. The number of hydrogen-bond donors (Lipinski definition) is 0. The van der Waals surface area contributed by atoms with Crippen LogP contribution in [0, 0.1) is 13.8 Å². The Hall–Kier alpha value is -4.01. The number of piperazine rings is 1. The van der Waals surface area contributed by atoms with E-state index in [4.69, 9.17) is 4.52 Å². The molecule has 162 valence electrons. The van der Waals surface area contributed by atoms with Crippen LogP contribution >= 0.6 is 0 Å². The number of aromatic nitrogens is 5. The van der Waals surface area contributed by atoms with Crippen LogP contribution in [0.15, 0.2) is 59.4 Å². The summed E-state index contributed by atoms with van der Waals surface area (Å²) in [6.45, 7) is 6.59. The van der Waals surface area contributed by atoms with Crippen LogP contribution in [-0.4, -0.2) is 61.9 Å². The zero-order valence-electron chi connectivity index (χ0n) is 18.0. The monoisotopic (exact) mass is 429 g/mol. The molecule has 3 aromatic heterocycles. The van der Waals surface area contributed by atoms with E-state index in [9.17, 15) is 4.79 Å². The van der Waals surface area contributed by atoms with Gasteiger partial charge in [-0.05, 0) is 38.1 Å². The second kappa shape index (κ2) is 8.26. The fourth-order valence-corrected chi connectivity index (χ4v) is 3.91. The van der Waals surface area contributed by atoms with Crippen LogP contribution in [-0.2, 0) is 0 Å². The van der Waals surface area contributed by atoms with E-state index in [0.29, 0.717) is 36.2 Å². The molecule has 9 heteroatoms. The number of hydrogen-bond acceptors (Lipinski definition) is 7. The summed E-state index contributed by atoms with van der Waals surface area (Å²) in [6, 6.07) is 13.9. The van der Waals surface area contributed by atoms with Crippen LogP contribution in [0.25, 0.3) is 17.3 Å². The van der Waals surface area contributed by atoms with Gasteiger partial charge in [0.1, 0.15) is 0 Å². The number of amides is 1. The Morgan fingerprint density at radius 3 is 2.53 bits per heavy atom. The van der Waals surface area contributed by atoms with E-state index in [-0.39, 0.29) is 5.91 Å². The first-order valence-electron chi connectivity index (χ1n) is 10.5. The normalized spacial score (nSPS) is 14.1. The first-order chi connectivity index (χ1) is 15.6. The zero-order valence-corrected chi connectivity index (χ0v) is 18.0. The van der Waals surface area contributed by atoms with E-state index < -0.39 is 0 Å². The van der Waals surface area contributed by atoms with Crippen molar-refractivity contribution >= 4 is 11.6 Å². The van der Waals surface area contributed by atoms with E-state index in [1.807, 2.05) is 36.1 Å². The fraction of sp³-hybridized carbons (Fsp3) is 0.261. The second-order valence-corrected chi connectivity index (χ2v) is 7.72. The van der Waals surface area contributed by atoms with Gasteiger partial charge in [0.25, 0.3) is 11.8 Å². The molecule has 5 rings (SSSR count). The van der Waals surface area contributed by atoms with Gasteiger partial charge in [-0.25, -0.2) is 9.67 Å². The van der Waals surface area contributed by atoms with Crippen molar-refractivity contribution in [3.63, 3.8) is 0 Å². The number of benzene rings is 1. The number of anilines is 1. The predicted molar refractivity (Wildman–Crippen MR) is 119 cm³/mol. The lowest BCUT2D eigenvalue weighted by Crippen LogP contribution is -2.48. The number of carbonyl (C=O) groups excluding carboxylic acids is 1. The molecular formula is C23H23N7O2. The van der Waals surface area contributed by atoms with Crippen molar-refractivity contribution in [2.24, 2.45) is 0 Å². The maximum atomic E-state index is 13.2. The summed E-state index contributed by atoms with van der Waals surface area (Å²) in [4.78, 5) is 26.1. The molecule has 1 saturated heterocycles. The molecule has 9 nitrogen and oxygen atoms in total. The summed E-state index contributed by atoms with van der Waals surface area (Å²) >= 11 is 0. The smallest absolute Gasteiger partial charge is 0.258 e. The molecule has 0 bridgehead atoms. The molecule has 1 amide bonds. The van der Waals surface area contributed by atoms with Gasteiger partial charge >= 0.3 is 0 Å². The third-order valence-electron chi connectivity index (χ3n) is 5.67. The van der Waals surface area contributed by atoms with Crippen LogP contribution in [0.2, 0.25) is 0 Å². The summed E-state index contributed by atoms with van der Waals surface area (Å²) in [5.74, 6) is 1.56. The molecule has 0 atom stereocenters. The molecule has 4 heterocycles. The van der Waals surface area contributed by atoms with Gasteiger partial charge in [-0.2, -0.15) is 10.1 Å².